The van der Waals surface area contributed by atoms with E-state index in [0.29, 0.717) is 6.42 Å². The van der Waals surface area contributed by atoms with Crippen LogP contribution in [-0.4, -0.2) is 17.7 Å². The third-order valence-electron chi connectivity index (χ3n) is 1.47. The van der Waals surface area contributed by atoms with Gasteiger partial charge in [-0.1, -0.05) is 11.6 Å². The van der Waals surface area contributed by atoms with Crippen LogP contribution in [-0.2, 0) is 9.59 Å². The zero-order valence-electron chi connectivity index (χ0n) is 5.34. The van der Waals surface area contributed by atoms with Gasteiger partial charge in [0, 0.05) is 12.3 Å². The average Bonchev–Trinajstić information content (AvgIpc) is 1.85. The average molecular weight is 162 g/mol. The first-order valence-electron chi connectivity index (χ1n) is 3.11. The maximum absolute atomic E-state index is 10.7. The topological polar surface area (TPSA) is 46.2 Å². The van der Waals surface area contributed by atoms with Crippen LogP contribution in [0.5, 0.6) is 0 Å². The highest BCUT2D eigenvalue weighted by atomic mass is 35.5. The summed E-state index contributed by atoms with van der Waals surface area (Å²) >= 11 is 5.59. The highest BCUT2D eigenvalue weighted by Gasteiger charge is 2.24. The Morgan fingerprint density at radius 3 is 2.90 bits per heavy atom. The van der Waals surface area contributed by atoms with E-state index in [4.69, 9.17) is 11.6 Å². The number of rotatable bonds is 1. The predicted molar refractivity (Wildman–Crippen MR) is 36.6 cm³/mol. The van der Waals surface area contributed by atoms with Gasteiger partial charge in [-0.3, -0.25) is 4.79 Å². The van der Waals surface area contributed by atoms with Gasteiger partial charge in [-0.2, -0.15) is 0 Å². The molecule has 2 atom stereocenters. The lowest BCUT2D eigenvalue weighted by Gasteiger charge is -2.21. The summed E-state index contributed by atoms with van der Waals surface area (Å²) in [7, 11) is 0. The Balaban J connectivity index is 2.50. The first-order valence-corrected chi connectivity index (χ1v) is 3.54. The molecule has 0 aromatic rings. The van der Waals surface area contributed by atoms with Crippen molar-refractivity contribution in [3.05, 3.63) is 0 Å². The normalized spacial score (nSPS) is 33.1. The van der Waals surface area contributed by atoms with Gasteiger partial charge in [0.05, 0.1) is 0 Å². The van der Waals surface area contributed by atoms with E-state index in [-0.39, 0.29) is 23.7 Å². The fraction of sp³-hybridized carbons (Fsp3) is 0.667. The van der Waals surface area contributed by atoms with Crippen LogP contribution in [0.2, 0.25) is 0 Å². The molecule has 2 unspecified atom stereocenters. The summed E-state index contributed by atoms with van der Waals surface area (Å²) in [6, 6.07) is 0. The number of hydrogen-bond acceptors (Lipinski definition) is 2. The third-order valence-corrected chi connectivity index (χ3v) is 1.75. The molecule has 0 aromatic heterocycles. The highest BCUT2D eigenvalue weighted by molar-refractivity contribution is 6.21. The molecule has 1 aliphatic rings. The number of alkyl halides is 1. The van der Waals surface area contributed by atoms with Gasteiger partial charge < -0.3 is 10.1 Å². The number of piperidine rings is 1. The van der Waals surface area contributed by atoms with Gasteiger partial charge in [0.25, 0.3) is 0 Å². The van der Waals surface area contributed by atoms with Crippen molar-refractivity contribution in [2.75, 3.05) is 0 Å². The Labute approximate surface area is 63.7 Å². The Kier molecular flexibility index (Phi) is 2.27. The zero-order chi connectivity index (χ0) is 7.56. The molecule has 1 N–H and O–H groups in total. The molecule has 0 aromatic carbocycles. The van der Waals surface area contributed by atoms with Crippen molar-refractivity contribution < 1.29 is 9.59 Å². The summed E-state index contributed by atoms with van der Waals surface area (Å²) in [5.74, 6) is -0.320. The maximum atomic E-state index is 10.7. The smallest absolute Gasteiger partial charge is 0.221 e. The molecule has 1 heterocycles. The van der Waals surface area contributed by atoms with Gasteiger partial charge in [0.15, 0.2) is 0 Å². The van der Waals surface area contributed by atoms with Crippen molar-refractivity contribution in [2.24, 2.45) is 5.92 Å². The highest BCUT2D eigenvalue weighted by Crippen LogP contribution is 2.16. The third kappa shape index (κ3) is 1.70. The molecule has 3 nitrogen and oxygen atoms in total. The number of carbonyl (C=O) groups is 2. The SMILES string of the molecule is O=CC1CC(=O)NC(Cl)C1. The largest absolute Gasteiger partial charge is 0.340 e. The van der Waals surface area contributed by atoms with Crippen molar-refractivity contribution in [3.63, 3.8) is 0 Å². The fourth-order valence-corrected chi connectivity index (χ4v) is 1.33. The molecule has 0 radical (unpaired) electrons. The van der Waals surface area contributed by atoms with Crippen LogP contribution in [0.3, 0.4) is 0 Å². The first kappa shape index (κ1) is 7.54. The van der Waals surface area contributed by atoms with E-state index >= 15 is 0 Å². The molecule has 1 amide bonds. The predicted octanol–water partition coefficient (Wildman–Crippen LogP) is 0.276. The van der Waals surface area contributed by atoms with Gasteiger partial charge in [-0.15, -0.1) is 0 Å². The lowest BCUT2D eigenvalue weighted by molar-refractivity contribution is -0.126. The van der Waals surface area contributed by atoms with Gasteiger partial charge in [-0.05, 0) is 6.42 Å². The summed E-state index contributed by atoms with van der Waals surface area (Å²) in [5, 5.41) is 2.51. The number of aldehydes is 1. The van der Waals surface area contributed by atoms with E-state index in [9.17, 15) is 9.59 Å². The Morgan fingerprint density at radius 2 is 2.40 bits per heavy atom. The number of amides is 1. The first-order chi connectivity index (χ1) is 4.72. The lowest BCUT2D eigenvalue weighted by Crippen LogP contribution is -2.39. The molecule has 0 spiro atoms. The quantitative estimate of drug-likeness (QED) is 0.341. The van der Waals surface area contributed by atoms with Crippen LogP contribution >= 0.6 is 11.6 Å². The van der Waals surface area contributed by atoms with Crippen molar-refractivity contribution in [1.29, 1.82) is 0 Å². The van der Waals surface area contributed by atoms with Crippen LogP contribution < -0.4 is 5.32 Å². The minimum absolute atomic E-state index is 0.136. The van der Waals surface area contributed by atoms with Crippen molar-refractivity contribution in [2.45, 2.75) is 18.3 Å². The fourth-order valence-electron chi connectivity index (χ4n) is 0.983. The summed E-state index contributed by atoms with van der Waals surface area (Å²) in [6.07, 6.45) is 1.62. The molecular weight excluding hydrogens is 154 g/mol. The number of carbonyl (C=O) groups excluding carboxylic acids is 2. The van der Waals surface area contributed by atoms with Crippen molar-refractivity contribution >= 4 is 23.8 Å². The summed E-state index contributed by atoms with van der Waals surface area (Å²) < 4.78 is 0. The van der Waals surface area contributed by atoms with E-state index in [1.807, 2.05) is 0 Å². The van der Waals surface area contributed by atoms with E-state index in [1.165, 1.54) is 0 Å². The summed E-state index contributed by atoms with van der Waals surface area (Å²) in [5.41, 5.74) is -0.364. The molecular formula is C6H8ClNO2. The second-order valence-corrected chi connectivity index (χ2v) is 2.90. The minimum atomic E-state index is -0.364. The van der Waals surface area contributed by atoms with Gasteiger partial charge in [0.1, 0.15) is 11.8 Å². The summed E-state index contributed by atoms with van der Waals surface area (Å²) in [6.45, 7) is 0. The molecule has 0 saturated carbocycles. The van der Waals surface area contributed by atoms with E-state index < -0.39 is 0 Å². The molecule has 10 heavy (non-hydrogen) atoms. The molecule has 1 aliphatic heterocycles. The second-order valence-electron chi connectivity index (χ2n) is 2.37. The van der Waals surface area contributed by atoms with E-state index in [0.717, 1.165) is 6.29 Å². The minimum Gasteiger partial charge on any atom is -0.340 e. The van der Waals surface area contributed by atoms with Crippen LogP contribution in [0.1, 0.15) is 12.8 Å². The summed E-state index contributed by atoms with van der Waals surface area (Å²) in [4.78, 5) is 20.9. The molecule has 0 aliphatic carbocycles. The van der Waals surface area contributed by atoms with E-state index in [2.05, 4.69) is 5.32 Å². The van der Waals surface area contributed by atoms with Gasteiger partial charge in [-0.25, -0.2) is 0 Å². The molecule has 1 fully saturated rings. The molecule has 1 rings (SSSR count). The van der Waals surface area contributed by atoms with E-state index in [1.54, 1.807) is 0 Å². The van der Waals surface area contributed by atoms with Crippen molar-refractivity contribution in [3.8, 4) is 0 Å². The van der Waals surface area contributed by atoms with Crippen molar-refractivity contribution in [1.82, 2.24) is 5.32 Å². The van der Waals surface area contributed by atoms with Crippen LogP contribution in [0.15, 0.2) is 0 Å². The molecule has 4 heteroatoms. The Hall–Kier alpha value is -0.570. The number of hydrogen-bond donors (Lipinski definition) is 1. The maximum Gasteiger partial charge on any atom is 0.221 e. The van der Waals surface area contributed by atoms with Crippen LogP contribution in [0.4, 0.5) is 0 Å². The zero-order valence-corrected chi connectivity index (χ0v) is 6.10. The number of nitrogens with one attached hydrogen (secondary N) is 1. The second kappa shape index (κ2) is 3.01. The number of halogens is 1. The standard InChI is InChI=1S/C6H8ClNO2/c7-5-1-4(3-9)2-6(10)8-5/h3-5H,1-2H2,(H,8,10). The molecule has 56 valence electrons. The Morgan fingerprint density at radius 1 is 1.70 bits per heavy atom. The molecule has 0 bridgehead atoms. The molecule has 1 saturated heterocycles. The van der Waals surface area contributed by atoms with Crippen LogP contribution in [0.25, 0.3) is 0 Å². The lowest BCUT2D eigenvalue weighted by atomic mass is 9.99. The van der Waals surface area contributed by atoms with Gasteiger partial charge in [0.2, 0.25) is 5.91 Å². The van der Waals surface area contributed by atoms with Crippen LogP contribution in [0, 0.1) is 5.92 Å². The monoisotopic (exact) mass is 161 g/mol. The Bertz CT molecular complexity index is 160. The van der Waals surface area contributed by atoms with Gasteiger partial charge >= 0.3 is 0 Å².